The number of nitrogens with zero attached hydrogens (tertiary/aromatic N) is 2. The van der Waals surface area contributed by atoms with Gasteiger partial charge in [0, 0.05) is 6.42 Å². The van der Waals surface area contributed by atoms with Crippen molar-refractivity contribution in [3.8, 4) is 0 Å². The molecule has 2 aromatic heterocycles. The number of hydrogen-bond donors (Lipinski definition) is 0. The third kappa shape index (κ3) is 4.71. The van der Waals surface area contributed by atoms with Crippen LogP contribution in [0.4, 0.5) is 8.78 Å². The Morgan fingerprint density at radius 2 is 1.94 bits per heavy atom. The van der Waals surface area contributed by atoms with Gasteiger partial charge >= 0.3 is 11.7 Å². The predicted molar refractivity (Wildman–Crippen MR) is 114 cm³/mol. The molecule has 1 aliphatic rings. The van der Waals surface area contributed by atoms with Gasteiger partial charge in [-0.25, -0.2) is 18.2 Å². The highest BCUT2D eigenvalue weighted by Crippen LogP contribution is 2.34. The molecule has 0 fully saturated rings. The minimum Gasteiger partial charge on any atom is -0.467 e. The number of sulfone groups is 1. The third-order valence-electron chi connectivity index (χ3n) is 4.82. The number of amides is 1. The summed E-state index contributed by atoms with van der Waals surface area (Å²) < 4.78 is 58.7. The normalized spacial score (nSPS) is 16.2. The van der Waals surface area contributed by atoms with Crippen molar-refractivity contribution in [2.24, 2.45) is 5.10 Å². The Balaban J connectivity index is 1.45. The Morgan fingerprint density at radius 1 is 1.18 bits per heavy atom. The maximum atomic E-state index is 12.8. The summed E-state index contributed by atoms with van der Waals surface area (Å²) in [5.74, 6) is -4.55. The Labute approximate surface area is 191 Å². The fraction of sp³-hybridized carbons (Fsp3) is 0.190. The van der Waals surface area contributed by atoms with Gasteiger partial charge in [0.1, 0.15) is 11.8 Å². The van der Waals surface area contributed by atoms with Crippen molar-refractivity contribution in [3.05, 3.63) is 76.4 Å². The van der Waals surface area contributed by atoms with E-state index in [2.05, 4.69) is 5.10 Å². The van der Waals surface area contributed by atoms with Gasteiger partial charge in [0.15, 0.2) is 6.61 Å². The number of halogens is 2. The van der Waals surface area contributed by atoms with Crippen LogP contribution in [0.5, 0.6) is 0 Å². The molecule has 3 heterocycles. The lowest BCUT2D eigenvalue weighted by Gasteiger charge is -2.19. The van der Waals surface area contributed by atoms with E-state index in [0.29, 0.717) is 17.9 Å². The number of thiophene rings is 1. The van der Waals surface area contributed by atoms with E-state index in [9.17, 15) is 26.8 Å². The van der Waals surface area contributed by atoms with Crippen molar-refractivity contribution in [1.82, 2.24) is 5.01 Å². The Bertz CT molecular complexity index is 1270. The molecule has 33 heavy (non-hydrogen) atoms. The van der Waals surface area contributed by atoms with Crippen LogP contribution in [-0.2, 0) is 19.4 Å². The number of carbonyl (C=O) groups is 2. The summed E-state index contributed by atoms with van der Waals surface area (Å²) in [6, 6.07) is 10.5. The van der Waals surface area contributed by atoms with Crippen LogP contribution < -0.4 is 0 Å². The smallest absolute Gasteiger partial charge is 0.341 e. The largest absolute Gasteiger partial charge is 0.467 e. The molecule has 0 unspecified atom stereocenters. The summed E-state index contributed by atoms with van der Waals surface area (Å²) in [7, 11) is -4.78. The van der Waals surface area contributed by atoms with Crippen LogP contribution in [0.3, 0.4) is 0 Å². The molecule has 12 heteroatoms. The number of furan rings is 1. The predicted octanol–water partition coefficient (Wildman–Crippen LogP) is 3.87. The molecule has 0 spiro atoms. The molecule has 4 rings (SSSR count). The first kappa shape index (κ1) is 22.8. The zero-order chi connectivity index (χ0) is 23.6. The number of alkyl halides is 2. The van der Waals surface area contributed by atoms with E-state index < -0.39 is 45.0 Å². The maximum Gasteiger partial charge on any atom is 0.341 e. The molecule has 0 N–H and O–H groups in total. The average molecular weight is 494 g/mol. The van der Waals surface area contributed by atoms with Gasteiger partial charge in [-0.05, 0) is 47.8 Å². The molecule has 1 atom stereocenters. The lowest BCUT2D eigenvalue weighted by molar-refractivity contribution is -0.136. The van der Waals surface area contributed by atoms with Gasteiger partial charge in [0.2, 0.25) is 9.84 Å². The van der Waals surface area contributed by atoms with Gasteiger partial charge in [-0.2, -0.15) is 13.9 Å². The van der Waals surface area contributed by atoms with Crippen molar-refractivity contribution in [2.75, 3.05) is 6.61 Å². The van der Waals surface area contributed by atoms with Gasteiger partial charge in [-0.1, -0.05) is 6.07 Å². The number of ether oxygens (including phenoxy) is 1. The lowest BCUT2D eigenvalue weighted by Crippen LogP contribution is -2.31. The fourth-order valence-electron chi connectivity index (χ4n) is 3.19. The Kier molecular flexibility index (Phi) is 6.38. The average Bonchev–Trinajstić information content (AvgIpc) is 3.57. The molecule has 172 valence electrons. The van der Waals surface area contributed by atoms with Crippen molar-refractivity contribution in [2.45, 2.75) is 23.1 Å². The number of hydrogen-bond acceptors (Lipinski definition) is 8. The number of carbonyl (C=O) groups excluding carboxylic acids is 2. The summed E-state index contributed by atoms with van der Waals surface area (Å²) in [5, 5.41) is 7.50. The molecular formula is C21H16F2N2O6S2. The third-order valence-corrected chi connectivity index (χ3v) is 7.14. The second kappa shape index (κ2) is 9.24. The van der Waals surface area contributed by atoms with E-state index in [-0.39, 0.29) is 5.56 Å². The molecule has 1 aromatic carbocycles. The highest BCUT2D eigenvalue weighted by Gasteiger charge is 2.35. The van der Waals surface area contributed by atoms with E-state index in [1.807, 2.05) is 17.5 Å². The minimum absolute atomic E-state index is 0.0946. The Morgan fingerprint density at radius 3 is 2.55 bits per heavy atom. The van der Waals surface area contributed by atoms with Crippen LogP contribution >= 0.6 is 11.3 Å². The van der Waals surface area contributed by atoms with Crippen LogP contribution in [0.25, 0.3) is 0 Å². The molecule has 0 aliphatic carbocycles. The number of benzene rings is 1. The second-order valence-corrected chi connectivity index (χ2v) is 9.77. The molecule has 1 aliphatic heterocycles. The van der Waals surface area contributed by atoms with Crippen molar-refractivity contribution < 1.29 is 35.9 Å². The number of hydrazone groups is 1. The van der Waals surface area contributed by atoms with Gasteiger partial charge in [-0.15, -0.1) is 11.3 Å². The minimum atomic E-state index is -4.78. The quantitative estimate of drug-likeness (QED) is 0.462. The highest BCUT2D eigenvalue weighted by molar-refractivity contribution is 7.91. The van der Waals surface area contributed by atoms with E-state index in [1.165, 1.54) is 22.6 Å². The van der Waals surface area contributed by atoms with Gasteiger partial charge in [0.25, 0.3) is 5.91 Å². The zero-order valence-electron chi connectivity index (χ0n) is 16.8. The monoisotopic (exact) mass is 494 g/mol. The van der Waals surface area contributed by atoms with Crippen LogP contribution in [-0.4, -0.2) is 43.4 Å². The van der Waals surface area contributed by atoms with Crippen molar-refractivity contribution in [1.29, 1.82) is 0 Å². The van der Waals surface area contributed by atoms with E-state index in [4.69, 9.17) is 9.15 Å². The molecule has 0 saturated carbocycles. The molecular weight excluding hydrogens is 478 g/mol. The Hall–Kier alpha value is -3.38. The molecule has 0 saturated heterocycles. The van der Waals surface area contributed by atoms with E-state index in [0.717, 1.165) is 29.1 Å². The summed E-state index contributed by atoms with van der Waals surface area (Å²) in [5.41, 5.74) is 0.602. The van der Waals surface area contributed by atoms with Crippen LogP contribution in [0.2, 0.25) is 0 Å². The van der Waals surface area contributed by atoms with E-state index in [1.54, 1.807) is 12.1 Å². The first-order valence-corrected chi connectivity index (χ1v) is 12.0. The first-order valence-electron chi connectivity index (χ1n) is 9.53. The fourth-order valence-corrected chi connectivity index (χ4v) is 4.64. The van der Waals surface area contributed by atoms with Gasteiger partial charge in [-0.3, -0.25) is 4.79 Å². The standard InChI is InChI=1S/C21H16F2N2O6S2/c22-21(23)33(28,29)14-7-5-13(6-8-14)20(27)31-12-19(26)25-16(17-3-1-9-30-17)11-15(24-25)18-4-2-10-32-18/h1-10,16,21H,11-12H2/t16-/m0/s1. The highest BCUT2D eigenvalue weighted by atomic mass is 32.2. The molecule has 0 bridgehead atoms. The molecule has 0 radical (unpaired) electrons. The maximum absolute atomic E-state index is 12.8. The van der Waals surface area contributed by atoms with Crippen molar-refractivity contribution in [3.63, 3.8) is 0 Å². The second-order valence-electron chi connectivity index (χ2n) is 6.90. The van der Waals surface area contributed by atoms with Gasteiger partial charge in [0.05, 0.1) is 27.3 Å². The molecule has 3 aromatic rings. The lowest BCUT2D eigenvalue weighted by atomic mass is 10.1. The summed E-state index contributed by atoms with van der Waals surface area (Å²) in [4.78, 5) is 25.4. The van der Waals surface area contributed by atoms with Crippen LogP contribution in [0.15, 0.2) is 74.6 Å². The number of esters is 1. The SMILES string of the molecule is O=C(OCC(=O)N1N=C(c2cccs2)C[C@H]1c1ccco1)c1ccc(S(=O)(=O)C(F)F)cc1. The molecule has 8 nitrogen and oxygen atoms in total. The topological polar surface area (TPSA) is 106 Å². The first-order chi connectivity index (χ1) is 15.8. The summed E-state index contributed by atoms with van der Waals surface area (Å²) in [6.07, 6.45) is 1.91. The van der Waals surface area contributed by atoms with E-state index >= 15 is 0 Å². The van der Waals surface area contributed by atoms with Gasteiger partial charge < -0.3 is 9.15 Å². The number of rotatable bonds is 7. The van der Waals surface area contributed by atoms with Crippen molar-refractivity contribution >= 4 is 38.8 Å². The zero-order valence-corrected chi connectivity index (χ0v) is 18.4. The summed E-state index contributed by atoms with van der Waals surface area (Å²) >= 11 is 1.48. The van der Waals surface area contributed by atoms with Crippen LogP contribution in [0.1, 0.15) is 33.5 Å². The molecule has 1 amide bonds. The summed E-state index contributed by atoms with van der Waals surface area (Å²) in [6.45, 7) is -0.631. The van der Waals surface area contributed by atoms with Crippen LogP contribution in [0, 0.1) is 0 Å².